The number of halogens is 1. The highest BCUT2D eigenvalue weighted by Crippen LogP contribution is 2.24. The van der Waals surface area contributed by atoms with E-state index < -0.39 is 12.2 Å². The first-order chi connectivity index (χ1) is 8.95. The van der Waals surface area contributed by atoms with E-state index in [0.29, 0.717) is 16.3 Å². The van der Waals surface area contributed by atoms with Crippen LogP contribution >= 0.6 is 23.4 Å². The molecule has 0 bridgehead atoms. The van der Waals surface area contributed by atoms with Crippen LogP contribution in [0.15, 0.2) is 18.2 Å². The first kappa shape index (κ1) is 16.0. The van der Waals surface area contributed by atoms with E-state index in [0.717, 1.165) is 11.8 Å². The van der Waals surface area contributed by atoms with Crippen LogP contribution in [-0.2, 0) is 4.79 Å². The molecule has 1 aromatic carbocycles. The second-order valence-corrected chi connectivity index (χ2v) is 5.67. The van der Waals surface area contributed by atoms with Crippen molar-refractivity contribution in [3.8, 4) is 6.07 Å². The molecule has 0 heterocycles. The Balaban J connectivity index is 2.69. The van der Waals surface area contributed by atoms with E-state index in [2.05, 4.69) is 0 Å². The summed E-state index contributed by atoms with van der Waals surface area (Å²) in [6, 6.07) is 6.44. The van der Waals surface area contributed by atoms with Crippen molar-refractivity contribution >= 4 is 28.5 Å². The van der Waals surface area contributed by atoms with Gasteiger partial charge in [-0.05, 0) is 24.1 Å². The third kappa shape index (κ3) is 4.84. The average molecular weight is 300 g/mol. The Morgan fingerprint density at radius 2 is 2.21 bits per heavy atom. The lowest BCUT2D eigenvalue weighted by molar-refractivity contribution is -0.109. The van der Waals surface area contributed by atoms with Crippen molar-refractivity contribution < 1.29 is 15.0 Å². The standard InChI is InChI=1S/C13H14ClNO3S/c1-8(16)19-5-4-12(17)13(18)9-2-3-11(14)10(6-9)7-15/h2-3,6,12-13,17-18H,4-5H2,1H3. The second kappa shape index (κ2) is 7.51. The summed E-state index contributed by atoms with van der Waals surface area (Å²) in [5, 5.41) is 28.9. The van der Waals surface area contributed by atoms with Gasteiger partial charge in [-0.1, -0.05) is 29.4 Å². The molecule has 1 aromatic rings. The first-order valence-corrected chi connectivity index (χ1v) is 7.01. The summed E-state index contributed by atoms with van der Waals surface area (Å²) in [6.07, 6.45) is -1.80. The van der Waals surface area contributed by atoms with E-state index in [-0.39, 0.29) is 17.1 Å². The van der Waals surface area contributed by atoms with Gasteiger partial charge in [0, 0.05) is 12.7 Å². The molecule has 6 heteroatoms. The van der Waals surface area contributed by atoms with E-state index in [1.807, 2.05) is 6.07 Å². The summed E-state index contributed by atoms with van der Waals surface area (Å²) in [5.41, 5.74) is 0.685. The van der Waals surface area contributed by atoms with Crippen LogP contribution < -0.4 is 0 Å². The largest absolute Gasteiger partial charge is 0.390 e. The molecule has 4 nitrogen and oxygen atoms in total. The van der Waals surface area contributed by atoms with Gasteiger partial charge in [-0.25, -0.2) is 0 Å². The molecule has 0 saturated heterocycles. The molecule has 0 spiro atoms. The van der Waals surface area contributed by atoms with Crippen LogP contribution in [0.5, 0.6) is 0 Å². The van der Waals surface area contributed by atoms with Gasteiger partial charge in [0.25, 0.3) is 0 Å². The van der Waals surface area contributed by atoms with Crippen molar-refractivity contribution in [3.63, 3.8) is 0 Å². The Kier molecular flexibility index (Phi) is 6.32. The molecule has 0 radical (unpaired) electrons. The van der Waals surface area contributed by atoms with Gasteiger partial charge in [-0.15, -0.1) is 0 Å². The van der Waals surface area contributed by atoms with Gasteiger partial charge in [0.15, 0.2) is 5.12 Å². The number of nitrogens with zero attached hydrogens (tertiary/aromatic N) is 1. The average Bonchev–Trinajstić information content (AvgIpc) is 2.38. The van der Waals surface area contributed by atoms with Crippen LogP contribution in [-0.4, -0.2) is 27.2 Å². The second-order valence-electron chi connectivity index (χ2n) is 3.99. The maximum absolute atomic E-state index is 10.8. The Labute approximate surface area is 121 Å². The van der Waals surface area contributed by atoms with Crippen LogP contribution in [0.25, 0.3) is 0 Å². The highest BCUT2D eigenvalue weighted by Gasteiger charge is 2.19. The molecule has 0 fully saturated rings. The molecule has 0 aliphatic heterocycles. The summed E-state index contributed by atoms with van der Waals surface area (Å²) in [6.45, 7) is 1.45. The van der Waals surface area contributed by atoms with Crippen molar-refractivity contribution in [3.05, 3.63) is 34.3 Å². The molecule has 1 rings (SSSR count). The van der Waals surface area contributed by atoms with Gasteiger partial charge >= 0.3 is 0 Å². The maximum Gasteiger partial charge on any atom is 0.185 e. The molecule has 2 atom stereocenters. The quantitative estimate of drug-likeness (QED) is 0.871. The van der Waals surface area contributed by atoms with Gasteiger partial charge in [0.05, 0.1) is 16.7 Å². The van der Waals surface area contributed by atoms with Crippen LogP contribution in [0.4, 0.5) is 0 Å². The number of thioether (sulfide) groups is 1. The van der Waals surface area contributed by atoms with Gasteiger partial charge in [-0.3, -0.25) is 4.79 Å². The molecule has 0 saturated carbocycles. The summed E-state index contributed by atoms with van der Waals surface area (Å²) in [5.74, 6) is 0.437. The van der Waals surface area contributed by atoms with Crippen LogP contribution in [0.3, 0.4) is 0 Å². The minimum Gasteiger partial charge on any atom is -0.390 e. The fourth-order valence-electron chi connectivity index (χ4n) is 1.52. The number of nitriles is 1. The molecule has 0 amide bonds. The zero-order valence-electron chi connectivity index (χ0n) is 10.3. The highest BCUT2D eigenvalue weighted by atomic mass is 35.5. The molecule has 102 valence electrons. The van der Waals surface area contributed by atoms with Gasteiger partial charge < -0.3 is 10.2 Å². The molecule has 2 unspecified atom stereocenters. The summed E-state index contributed by atoms with van der Waals surface area (Å²) in [4.78, 5) is 10.8. The van der Waals surface area contributed by atoms with Crippen LogP contribution in [0, 0.1) is 11.3 Å². The number of rotatable bonds is 5. The highest BCUT2D eigenvalue weighted by molar-refractivity contribution is 8.13. The monoisotopic (exact) mass is 299 g/mol. The van der Waals surface area contributed by atoms with E-state index in [1.54, 1.807) is 6.07 Å². The Bertz CT molecular complexity index is 501. The minimum atomic E-state index is -1.10. The smallest absolute Gasteiger partial charge is 0.185 e. The molecule has 0 aliphatic rings. The molecular weight excluding hydrogens is 286 g/mol. The van der Waals surface area contributed by atoms with E-state index in [1.165, 1.54) is 19.1 Å². The van der Waals surface area contributed by atoms with E-state index in [4.69, 9.17) is 16.9 Å². The molecule has 2 N–H and O–H groups in total. The number of hydrogen-bond acceptors (Lipinski definition) is 5. The zero-order valence-corrected chi connectivity index (χ0v) is 11.9. The lowest BCUT2D eigenvalue weighted by Gasteiger charge is -2.18. The first-order valence-electron chi connectivity index (χ1n) is 5.64. The fraction of sp³-hybridized carbons (Fsp3) is 0.385. The van der Waals surface area contributed by atoms with E-state index in [9.17, 15) is 15.0 Å². The van der Waals surface area contributed by atoms with Gasteiger partial charge in [-0.2, -0.15) is 5.26 Å². The van der Waals surface area contributed by atoms with Crippen molar-refractivity contribution in [2.75, 3.05) is 5.75 Å². The maximum atomic E-state index is 10.8. The number of hydrogen-bond donors (Lipinski definition) is 2. The normalized spacial score (nSPS) is 13.6. The summed E-state index contributed by atoms with van der Waals surface area (Å²) < 4.78 is 0. The van der Waals surface area contributed by atoms with Crippen LogP contribution in [0.2, 0.25) is 5.02 Å². The molecule has 19 heavy (non-hydrogen) atoms. The Hall–Kier alpha value is -1.06. The third-order valence-corrected chi connectivity index (χ3v) is 3.71. The molecular formula is C13H14ClNO3S. The van der Waals surface area contributed by atoms with Gasteiger partial charge in [0.2, 0.25) is 0 Å². The number of aliphatic hydroxyl groups excluding tert-OH is 2. The lowest BCUT2D eigenvalue weighted by atomic mass is 10.0. The number of carbonyl (C=O) groups excluding carboxylic acids is 1. The van der Waals surface area contributed by atoms with Crippen molar-refractivity contribution in [1.29, 1.82) is 5.26 Å². The Morgan fingerprint density at radius 1 is 1.53 bits per heavy atom. The lowest BCUT2D eigenvalue weighted by Crippen LogP contribution is -2.19. The summed E-state index contributed by atoms with van der Waals surface area (Å²) >= 11 is 6.89. The number of aliphatic hydroxyl groups is 2. The number of benzene rings is 1. The fourth-order valence-corrected chi connectivity index (χ4v) is 2.32. The predicted octanol–water partition coefficient (Wildman–Crippen LogP) is 2.28. The topological polar surface area (TPSA) is 81.3 Å². The van der Waals surface area contributed by atoms with Crippen LogP contribution in [0.1, 0.15) is 30.6 Å². The predicted molar refractivity (Wildman–Crippen MR) is 74.9 cm³/mol. The molecule has 0 aliphatic carbocycles. The molecule has 0 aromatic heterocycles. The minimum absolute atomic E-state index is 0.0278. The van der Waals surface area contributed by atoms with Crippen molar-refractivity contribution in [2.45, 2.75) is 25.6 Å². The third-order valence-electron chi connectivity index (χ3n) is 2.54. The van der Waals surface area contributed by atoms with E-state index >= 15 is 0 Å². The SMILES string of the molecule is CC(=O)SCCC(O)C(O)c1ccc(Cl)c(C#N)c1. The van der Waals surface area contributed by atoms with Crippen molar-refractivity contribution in [1.82, 2.24) is 0 Å². The summed E-state index contributed by atoms with van der Waals surface area (Å²) in [7, 11) is 0. The Morgan fingerprint density at radius 3 is 2.79 bits per heavy atom. The number of carbonyl (C=O) groups is 1. The van der Waals surface area contributed by atoms with Crippen molar-refractivity contribution in [2.24, 2.45) is 0 Å². The zero-order chi connectivity index (χ0) is 14.4. The van der Waals surface area contributed by atoms with Gasteiger partial charge in [0.1, 0.15) is 12.2 Å².